The molecule has 1 amide bonds. The summed E-state index contributed by atoms with van der Waals surface area (Å²) < 4.78 is 10.9. The van der Waals surface area contributed by atoms with E-state index in [1.54, 1.807) is 14.2 Å². The van der Waals surface area contributed by atoms with Crippen LogP contribution in [0.1, 0.15) is 26.8 Å². The Balaban J connectivity index is 1.87. The second-order valence-electron chi connectivity index (χ2n) is 6.14. The highest BCUT2D eigenvalue weighted by molar-refractivity contribution is 7.12. The maximum Gasteiger partial charge on any atom is 0.261 e. The first-order chi connectivity index (χ1) is 12.7. The van der Waals surface area contributed by atoms with Crippen molar-refractivity contribution in [2.24, 2.45) is 0 Å². The molecule has 5 nitrogen and oxygen atoms in total. The third kappa shape index (κ3) is 3.76. The zero-order valence-corrected chi connectivity index (χ0v) is 16.0. The molecule has 3 rings (SSSR count). The summed E-state index contributed by atoms with van der Waals surface area (Å²) in [7, 11) is 3.29. The monoisotopic (exact) mass is 372 g/mol. The van der Waals surface area contributed by atoms with E-state index in [2.05, 4.69) is 16.8 Å². The van der Waals surface area contributed by atoms with Crippen molar-refractivity contribution in [3.05, 3.63) is 58.3 Å². The van der Waals surface area contributed by atoms with Crippen molar-refractivity contribution < 1.29 is 14.3 Å². The lowest BCUT2D eigenvalue weighted by Crippen LogP contribution is -2.42. The van der Waals surface area contributed by atoms with Gasteiger partial charge in [-0.1, -0.05) is 12.1 Å². The van der Waals surface area contributed by atoms with Gasteiger partial charge in [0.15, 0.2) is 11.5 Å². The Morgan fingerprint density at radius 1 is 1.38 bits per heavy atom. The summed E-state index contributed by atoms with van der Waals surface area (Å²) in [6, 6.07) is 7.88. The molecule has 0 bridgehead atoms. The predicted molar refractivity (Wildman–Crippen MR) is 104 cm³/mol. The number of nitrogens with zero attached hydrogens (tertiary/aromatic N) is 1. The topological polar surface area (TPSA) is 50.8 Å². The van der Waals surface area contributed by atoms with Gasteiger partial charge < -0.3 is 14.8 Å². The molecular weight excluding hydrogens is 348 g/mol. The molecule has 0 saturated heterocycles. The van der Waals surface area contributed by atoms with Gasteiger partial charge in [-0.15, -0.1) is 17.9 Å². The highest BCUT2D eigenvalue weighted by Crippen LogP contribution is 2.37. The number of ether oxygens (including phenoxy) is 2. The largest absolute Gasteiger partial charge is 0.493 e. The number of nitrogens with one attached hydrogen (secondary N) is 1. The van der Waals surface area contributed by atoms with Crippen molar-refractivity contribution in [3.63, 3.8) is 0 Å². The molecule has 0 radical (unpaired) electrons. The van der Waals surface area contributed by atoms with Crippen molar-refractivity contribution in [3.8, 4) is 11.5 Å². The molecule has 2 aromatic rings. The molecule has 1 aliphatic rings. The number of hydrogen-bond donors (Lipinski definition) is 1. The van der Waals surface area contributed by atoms with Crippen LogP contribution in [0.4, 0.5) is 0 Å². The van der Waals surface area contributed by atoms with Gasteiger partial charge in [-0.3, -0.25) is 9.69 Å². The van der Waals surface area contributed by atoms with E-state index in [-0.39, 0.29) is 11.9 Å². The minimum Gasteiger partial charge on any atom is -0.493 e. The molecule has 0 fully saturated rings. The van der Waals surface area contributed by atoms with E-state index in [4.69, 9.17) is 9.47 Å². The predicted octanol–water partition coefficient (Wildman–Crippen LogP) is 3.28. The molecule has 1 N–H and O–H groups in total. The van der Waals surface area contributed by atoms with E-state index in [9.17, 15) is 4.79 Å². The fourth-order valence-electron chi connectivity index (χ4n) is 3.39. The molecule has 6 heteroatoms. The van der Waals surface area contributed by atoms with Gasteiger partial charge in [0, 0.05) is 19.6 Å². The Hall–Kier alpha value is -2.31. The fraction of sp³-hybridized carbons (Fsp3) is 0.350. The molecule has 138 valence electrons. The highest BCUT2D eigenvalue weighted by Gasteiger charge is 2.29. The van der Waals surface area contributed by atoms with Crippen LogP contribution in [0.3, 0.4) is 0 Å². The summed E-state index contributed by atoms with van der Waals surface area (Å²) >= 11 is 1.45. The van der Waals surface area contributed by atoms with Gasteiger partial charge in [0.05, 0.1) is 25.1 Å². The smallest absolute Gasteiger partial charge is 0.261 e. The molecule has 0 spiro atoms. The van der Waals surface area contributed by atoms with Gasteiger partial charge in [0.2, 0.25) is 0 Å². The van der Waals surface area contributed by atoms with Crippen LogP contribution in [0.15, 0.2) is 42.3 Å². The number of fused-ring (bicyclic) bond motifs is 1. The van der Waals surface area contributed by atoms with Gasteiger partial charge in [0.25, 0.3) is 5.91 Å². The summed E-state index contributed by atoms with van der Waals surface area (Å²) in [5.41, 5.74) is 2.40. The quantitative estimate of drug-likeness (QED) is 0.758. The van der Waals surface area contributed by atoms with E-state index in [0.29, 0.717) is 12.3 Å². The minimum absolute atomic E-state index is 0.0360. The van der Waals surface area contributed by atoms with Crippen molar-refractivity contribution in [1.82, 2.24) is 10.2 Å². The number of thiophene rings is 1. The van der Waals surface area contributed by atoms with Crippen LogP contribution in [0.25, 0.3) is 0 Å². The van der Waals surface area contributed by atoms with Crippen LogP contribution in [0.5, 0.6) is 11.5 Å². The first kappa shape index (κ1) is 18.5. The van der Waals surface area contributed by atoms with Crippen molar-refractivity contribution in [1.29, 1.82) is 0 Å². The number of carbonyl (C=O) groups is 1. The number of carbonyl (C=O) groups excluding carboxylic acids is 1. The molecule has 1 aromatic carbocycles. The minimum atomic E-state index is -0.0360. The van der Waals surface area contributed by atoms with Crippen LogP contribution in [-0.2, 0) is 6.42 Å². The third-order valence-corrected chi connectivity index (χ3v) is 5.55. The molecule has 2 heterocycles. The third-order valence-electron chi connectivity index (χ3n) is 4.68. The lowest BCUT2D eigenvalue weighted by molar-refractivity contribution is 0.0936. The van der Waals surface area contributed by atoms with Crippen molar-refractivity contribution in [2.75, 3.05) is 33.9 Å². The first-order valence-corrected chi connectivity index (χ1v) is 9.47. The summed E-state index contributed by atoms with van der Waals surface area (Å²) in [5, 5.41) is 4.98. The molecule has 0 aliphatic carbocycles. The molecule has 0 unspecified atom stereocenters. The van der Waals surface area contributed by atoms with E-state index >= 15 is 0 Å². The van der Waals surface area contributed by atoms with E-state index in [1.165, 1.54) is 22.5 Å². The summed E-state index contributed by atoms with van der Waals surface area (Å²) in [4.78, 5) is 15.4. The van der Waals surface area contributed by atoms with Crippen molar-refractivity contribution in [2.45, 2.75) is 12.5 Å². The van der Waals surface area contributed by atoms with E-state index < -0.39 is 0 Å². The Morgan fingerprint density at radius 2 is 2.15 bits per heavy atom. The van der Waals surface area contributed by atoms with E-state index in [0.717, 1.165) is 30.1 Å². The van der Waals surface area contributed by atoms with E-state index in [1.807, 2.05) is 35.7 Å². The van der Waals surface area contributed by atoms with Gasteiger partial charge in [-0.05, 0) is 41.1 Å². The normalized spacial score (nSPS) is 16.6. The maximum absolute atomic E-state index is 12.4. The molecule has 0 saturated carbocycles. The molecule has 26 heavy (non-hydrogen) atoms. The van der Waals surface area contributed by atoms with Crippen LogP contribution in [-0.4, -0.2) is 44.7 Å². The number of methoxy groups -OCH3 is 2. The highest BCUT2D eigenvalue weighted by atomic mass is 32.1. The molecular formula is C20H24N2O3S. The van der Waals surface area contributed by atoms with Gasteiger partial charge in [0.1, 0.15) is 0 Å². The van der Waals surface area contributed by atoms with Crippen LogP contribution in [0.2, 0.25) is 0 Å². The number of amides is 1. The maximum atomic E-state index is 12.4. The lowest BCUT2D eigenvalue weighted by atomic mass is 9.91. The second-order valence-corrected chi connectivity index (χ2v) is 7.09. The average molecular weight is 372 g/mol. The van der Waals surface area contributed by atoms with Crippen LogP contribution in [0, 0.1) is 0 Å². The SMILES string of the molecule is C=CCN1CCc2cc(OC)c(OC)cc2[C@H]1CNC(=O)c1cccs1. The van der Waals surface area contributed by atoms with Crippen LogP contribution >= 0.6 is 11.3 Å². The number of rotatable bonds is 7. The Bertz CT molecular complexity index is 774. The van der Waals surface area contributed by atoms with Crippen LogP contribution < -0.4 is 14.8 Å². The van der Waals surface area contributed by atoms with Gasteiger partial charge >= 0.3 is 0 Å². The summed E-state index contributed by atoms with van der Waals surface area (Å²) in [6.07, 6.45) is 2.83. The first-order valence-electron chi connectivity index (χ1n) is 8.59. The Labute approximate surface area is 158 Å². The lowest BCUT2D eigenvalue weighted by Gasteiger charge is -2.37. The molecule has 1 aromatic heterocycles. The second kappa shape index (κ2) is 8.38. The Kier molecular flexibility index (Phi) is 5.96. The average Bonchev–Trinajstić information content (AvgIpc) is 3.20. The zero-order chi connectivity index (χ0) is 18.5. The Morgan fingerprint density at radius 3 is 2.81 bits per heavy atom. The summed E-state index contributed by atoms with van der Waals surface area (Å²) in [5.74, 6) is 1.41. The number of benzene rings is 1. The zero-order valence-electron chi connectivity index (χ0n) is 15.2. The molecule has 1 aliphatic heterocycles. The standard InChI is InChI=1S/C20H24N2O3S/c1-4-8-22-9-7-14-11-17(24-2)18(25-3)12-15(14)16(22)13-21-20(23)19-6-5-10-26-19/h4-6,10-12,16H,1,7-9,13H2,2-3H3,(H,21,23)/t16-/m1/s1. The summed E-state index contributed by atoms with van der Waals surface area (Å²) in [6.45, 7) is 6.09. The number of hydrogen-bond acceptors (Lipinski definition) is 5. The molecule has 1 atom stereocenters. The van der Waals surface area contributed by atoms with Gasteiger partial charge in [-0.25, -0.2) is 0 Å². The van der Waals surface area contributed by atoms with Gasteiger partial charge in [-0.2, -0.15) is 0 Å². The fourth-order valence-corrected chi connectivity index (χ4v) is 4.03. The van der Waals surface area contributed by atoms with Crippen molar-refractivity contribution >= 4 is 17.2 Å².